The van der Waals surface area contributed by atoms with Gasteiger partial charge in [-0.15, -0.1) is 0 Å². The summed E-state index contributed by atoms with van der Waals surface area (Å²) in [6, 6.07) is 0.184. The second-order valence-corrected chi connectivity index (χ2v) is 5.10. The molecule has 1 aliphatic heterocycles. The fourth-order valence-corrected chi connectivity index (χ4v) is 2.61. The largest absolute Gasteiger partial charge is 0.355 e. The number of carbonyl (C=O) groups excluding carboxylic acids is 1. The Bertz CT molecular complexity index is 430. The number of amides is 1. The minimum Gasteiger partial charge on any atom is -0.355 e. The molecule has 2 unspecified atom stereocenters. The van der Waals surface area contributed by atoms with E-state index in [4.69, 9.17) is 5.73 Å². The molecular weight excluding hydrogens is 242 g/mol. The quantitative estimate of drug-likeness (QED) is 0.805. The third kappa shape index (κ3) is 3.33. The van der Waals surface area contributed by atoms with Crippen molar-refractivity contribution in [3.63, 3.8) is 0 Å². The molecule has 3 N–H and O–H groups in total. The lowest BCUT2D eigenvalue weighted by atomic mass is 9.99. The van der Waals surface area contributed by atoms with Crippen molar-refractivity contribution < 1.29 is 4.79 Å². The van der Waals surface area contributed by atoms with E-state index in [-0.39, 0.29) is 18.0 Å². The zero-order chi connectivity index (χ0) is 13.8. The molecule has 0 radical (unpaired) electrons. The summed E-state index contributed by atoms with van der Waals surface area (Å²) < 4.78 is 1.80. The molecule has 0 saturated carbocycles. The third-order valence-corrected chi connectivity index (χ3v) is 3.68. The first-order valence-electron chi connectivity index (χ1n) is 6.86. The lowest BCUT2D eigenvalue weighted by Crippen LogP contribution is -2.42. The molecule has 106 valence electrons. The second kappa shape index (κ2) is 6.16. The fourth-order valence-electron chi connectivity index (χ4n) is 2.61. The molecule has 0 bridgehead atoms. The normalized spacial score (nSPS) is 20.7. The molecule has 19 heavy (non-hydrogen) atoms. The van der Waals surface area contributed by atoms with Gasteiger partial charge in [-0.05, 0) is 6.42 Å². The smallest absolute Gasteiger partial charge is 0.221 e. The first kappa shape index (κ1) is 14.0. The summed E-state index contributed by atoms with van der Waals surface area (Å²) in [5.74, 6) is 0.123. The van der Waals surface area contributed by atoms with Gasteiger partial charge >= 0.3 is 0 Å². The molecule has 2 rings (SSSR count). The Morgan fingerprint density at radius 3 is 2.95 bits per heavy atom. The van der Waals surface area contributed by atoms with E-state index in [9.17, 15) is 4.79 Å². The Morgan fingerprint density at radius 1 is 1.53 bits per heavy atom. The molecule has 0 aliphatic carbocycles. The van der Waals surface area contributed by atoms with E-state index in [0.29, 0.717) is 13.0 Å². The number of aryl methyl sites for hydroxylation is 1. The minimum absolute atomic E-state index is 0.0532. The van der Waals surface area contributed by atoms with Crippen LogP contribution in [-0.4, -0.2) is 46.3 Å². The standard InChI is InChI=1S/C13H23N5O/c1-3-11(14)13(10-8-16-17(2)9-10)18-6-4-12(19)15-5-7-18/h8-9,11,13H,3-7,14H2,1-2H3,(H,15,19). The van der Waals surface area contributed by atoms with Crippen LogP contribution < -0.4 is 11.1 Å². The van der Waals surface area contributed by atoms with Gasteiger partial charge in [0, 0.05) is 50.9 Å². The lowest BCUT2D eigenvalue weighted by molar-refractivity contribution is -0.120. The van der Waals surface area contributed by atoms with Gasteiger partial charge in [-0.1, -0.05) is 6.92 Å². The molecule has 2 heterocycles. The van der Waals surface area contributed by atoms with E-state index < -0.39 is 0 Å². The molecule has 1 saturated heterocycles. The molecule has 1 aliphatic rings. The van der Waals surface area contributed by atoms with Crippen LogP contribution in [0.4, 0.5) is 0 Å². The summed E-state index contributed by atoms with van der Waals surface area (Å²) >= 11 is 0. The van der Waals surface area contributed by atoms with Crippen molar-refractivity contribution in [2.45, 2.75) is 31.8 Å². The van der Waals surface area contributed by atoms with Gasteiger partial charge in [-0.2, -0.15) is 5.10 Å². The van der Waals surface area contributed by atoms with Crippen LogP contribution in [0.15, 0.2) is 12.4 Å². The van der Waals surface area contributed by atoms with E-state index in [0.717, 1.165) is 25.1 Å². The van der Waals surface area contributed by atoms with Crippen molar-refractivity contribution in [3.8, 4) is 0 Å². The molecular formula is C13H23N5O. The summed E-state index contributed by atoms with van der Waals surface area (Å²) in [6.07, 6.45) is 5.32. The van der Waals surface area contributed by atoms with Crippen molar-refractivity contribution >= 4 is 5.91 Å². The van der Waals surface area contributed by atoms with Crippen molar-refractivity contribution in [3.05, 3.63) is 18.0 Å². The zero-order valence-electron chi connectivity index (χ0n) is 11.7. The van der Waals surface area contributed by atoms with Gasteiger partial charge in [-0.3, -0.25) is 14.4 Å². The van der Waals surface area contributed by atoms with Crippen LogP contribution in [0.5, 0.6) is 0 Å². The highest BCUT2D eigenvalue weighted by molar-refractivity contribution is 5.76. The molecule has 1 aromatic heterocycles. The van der Waals surface area contributed by atoms with Gasteiger partial charge in [0.05, 0.1) is 12.2 Å². The Morgan fingerprint density at radius 2 is 2.32 bits per heavy atom. The van der Waals surface area contributed by atoms with E-state index in [1.807, 2.05) is 19.4 Å². The van der Waals surface area contributed by atoms with E-state index >= 15 is 0 Å². The number of hydrogen-bond acceptors (Lipinski definition) is 4. The van der Waals surface area contributed by atoms with Crippen molar-refractivity contribution in [2.24, 2.45) is 12.8 Å². The summed E-state index contributed by atoms with van der Waals surface area (Å²) in [7, 11) is 1.91. The number of rotatable bonds is 4. The first-order valence-corrected chi connectivity index (χ1v) is 6.86. The van der Waals surface area contributed by atoms with E-state index in [2.05, 4.69) is 22.2 Å². The topological polar surface area (TPSA) is 76.2 Å². The number of nitrogens with one attached hydrogen (secondary N) is 1. The van der Waals surface area contributed by atoms with Crippen LogP contribution in [0.2, 0.25) is 0 Å². The number of carbonyl (C=O) groups is 1. The van der Waals surface area contributed by atoms with Crippen LogP contribution in [0.3, 0.4) is 0 Å². The summed E-state index contributed by atoms with van der Waals surface area (Å²) in [5.41, 5.74) is 7.42. The molecule has 2 atom stereocenters. The predicted octanol–water partition coefficient (Wildman–Crippen LogP) is 0.0204. The lowest BCUT2D eigenvalue weighted by Gasteiger charge is -2.33. The van der Waals surface area contributed by atoms with Gasteiger partial charge in [0.15, 0.2) is 0 Å². The fraction of sp³-hybridized carbons (Fsp3) is 0.692. The number of nitrogens with two attached hydrogens (primary N) is 1. The molecule has 6 heteroatoms. The van der Waals surface area contributed by atoms with E-state index in [1.54, 1.807) is 4.68 Å². The van der Waals surface area contributed by atoms with Crippen LogP contribution in [0.1, 0.15) is 31.4 Å². The highest BCUT2D eigenvalue weighted by Gasteiger charge is 2.28. The number of nitrogens with zero attached hydrogens (tertiary/aromatic N) is 3. The maximum Gasteiger partial charge on any atom is 0.221 e. The summed E-state index contributed by atoms with van der Waals surface area (Å²) in [5, 5.41) is 7.14. The molecule has 0 spiro atoms. The van der Waals surface area contributed by atoms with Crippen LogP contribution in [0.25, 0.3) is 0 Å². The summed E-state index contributed by atoms with van der Waals surface area (Å²) in [6.45, 7) is 4.36. The Labute approximate surface area is 113 Å². The molecule has 0 aromatic carbocycles. The number of hydrogen-bond donors (Lipinski definition) is 2. The summed E-state index contributed by atoms with van der Waals surface area (Å²) in [4.78, 5) is 13.7. The monoisotopic (exact) mass is 265 g/mol. The SMILES string of the molecule is CCC(N)C(c1cnn(C)c1)N1CCNC(=O)CC1. The Kier molecular flexibility index (Phi) is 4.55. The Balaban J connectivity index is 2.19. The molecule has 1 amide bonds. The molecule has 1 aromatic rings. The van der Waals surface area contributed by atoms with Gasteiger partial charge in [0.25, 0.3) is 0 Å². The predicted molar refractivity (Wildman–Crippen MR) is 73.4 cm³/mol. The zero-order valence-corrected chi connectivity index (χ0v) is 11.7. The van der Waals surface area contributed by atoms with Gasteiger partial charge in [0.2, 0.25) is 5.91 Å². The second-order valence-electron chi connectivity index (χ2n) is 5.10. The highest BCUT2D eigenvalue weighted by Crippen LogP contribution is 2.25. The van der Waals surface area contributed by atoms with Crippen molar-refractivity contribution in [2.75, 3.05) is 19.6 Å². The average molecular weight is 265 g/mol. The maximum absolute atomic E-state index is 11.4. The van der Waals surface area contributed by atoms with Crippen molar-refractivity contribution in [1.29, 1.82) is 0 Å². The third-order valence-electron chi connectivity index (χ3n) is 3.68. The first-order chi connectivity index (χ1) is 9.11. The van der Waals surface area contributed by atoms with E-state index in [1.165, 1.54) is 0 Å². The van der Waals surface area contributed by atoms with Gasteiger partial charge in [0.1, 0.15) is 0 Å². The molecule has 1 fully saturated rings. The van der Waals surface area contributed by atoms with Crippen LogP contribution in [0, 0.1) is 0 Å². The minimum atomic E-state index is 0.0532. The van der Waals surface area contributed by atoms with Crippen molar-refractivity contribution in [1.82, 2.24) is 20.0 Å². The van der Waals surface area contributed by atoms with Crippen LogP contribution in [-0.2, 0) is 11.8 Å². The Hall–Kier alpha value is -1.40. The van der Waals surface area contributed by atoms with Gasteiger partial charge < -0.3 is 11.1 Å². The average Bonchev–Trinajstić information content (AvgIpc) is 2.69. The highest BCUT2D eigenvalue weighted by atomic mass is 16.1. The number of aromatic nitrogens is 2. The van der Waals surface area contributed by atoms with Crippen LogP contribution >= 0.6 is 0 Å². The molecule has 6 nitrogen and oxygen atoms in total. The maximum atomic E-state index is 11.4. The van der Waals surface area contributed by atoms with Gasteiger partial charge in [-0.25, -0.2) is 0 Å².